The number of carbonyl (C=O) groups excluding carboxylic acids is 1. The Kier molecular flexibility index (Phi) is 3.61. The second kappa shape index (κ2) is 5.21. The first-order valence-electron chi connectivity index (χ1n) is 6.05. The third-order valence-corrected chi connectivity index (χ3v) is 3.03. The van der Waals surface area contributed by atoms with Gasteiger partial charge in [-0.1, -0.05) is 0 Å². The van der Waals surface area contributed by atoms with Crippen LogP contribution in [0.25, 0.3) is 0 Å². The predicted octanol–water partition coefficient (Wildman–Crippen LogP) is 2.98. The second-order valence-electron chi connectivity index (χ2n) is 4.65. The summed E-state index contributed by atoms with van der Waals surface area (Å²) in [5.74, 6) is -1.08. The van der Waals surface area contributed by atoms with Crippen LogP contribution in [0.1, 0.15) is 21.5 Å². The van der Waals surface area contributed by atoms with Crippen LogP contribution in [-0.4, -0.2) is 11.0 Å². The van der Waals surface area contributed by atoms with Gasteiger partial charge in [-0.05, 0) is 55.3 Å². The summed E-state index contributed by atoms with van der Waals surface area (Å²) in [5.41, 5.74) is 7.47. The maximum atomic E-state index is 13.7. The van der Waals surface area contributed by atoms with Crippen LogP contribution in [0.2, 0.25) is 0 Å². The molecule has 0 fully saturated rings. The third-order valence-electron chi connectivity index (χ3n) is 3.03. The minimum absolute atomic E-state index is 0.0793. The van der Waals surface area contributed by atoms with Crippen molar-refractivity contribution in [2.45, 2.75) is 13.8 Å². The van der Waals surface area contributed by atoms with Crippen molar-refractivity contribution in [2.24, 2.45) is 0 Å². The topological polar surface area (TPSA) is 75.4 Å². The lowest BCUT2D eigenvalue weighted by Gasteiger charge is -2.11. The average Bonchev–Trinajstić information content (AvgIpc) is 2.35. The van der Waals surface area contributed by atoms with Crippen LogP contribution in [0.4, 0.5) is 15.8 Å². The number of hydrogen-bond acceptors (Lipinski definition) is 3. The molecular weight excluding hydrogens is 259 g/mol. The van der Waals surface area contributed by atoms with Gasteiger partial charge in [0.2, 0.25) is 0 Å². The molecule has 2 aromatic carbocycles. The molecule has 0 unspecified atom stereocenters. The molecular formula is C15H15FN2O2. The van der Waals surface area contributed by atoms with E-state index in [0.717, 1.165) is 6.07 Å². The van der Waals surface area contributed by atoms with Crippen molar-refractivity contribution >= 4 is 17.3 Å². The second-order valence-corrected chi connectivity index (χ2v) is 4.65. The maximum Gasteiger partial charge on any atom is 0.258 e. The molecule has 0 atom stereocenters. The molecule has 0 aliphatic carbocycles. The van der Waals surface area contributed by atoms with Crippen molar-refractivity contribution in [2.75, 3.05) is 11.1 Å². The summed E-state index contributed by atoms with van der Waals surface area (Å²) in [5, 5.41) is 12.2. The molecule has 0 saturated carbocycles. The number of halogens is 1. The fourth-order valence-corrected chi connectivity index (χ4v) is 1.84. The van der Waals surface area contributed by atoms with Crippen LogP contribution in [0.3, 0.4) is 0 Å². The fraction of sp³-hybridized carbons (Fsp3) is 0.133. The van der Waals surface area contributed by atoms with E-state index in [1.807, 2.05) is 0 Å². The number of phenolic OH excluding ortho intramolecular Hbond substituents is 1. The molecule has 0 aromatic heterocycles. The number of carbonyl (C=O) groups is 1. The normalized spacial score (nSPS) is 10.3. The summed E-state index contributed by atoms with van der Waals surface area (Å²) in [6, 6.07) is 7.08. The van der Waals surface area contributed by atoms with Gasteiger partial charge in [-0.3, -0.25) is 4.79 Å². The first-order chi connectivity index (χ1) is 9.38. The van der Waals surface area contributed by atoms with Gasteiger partial charge < -0.3 is 16.2 Å². The third kappa shape index (κ3) is 2.71. The molecule has 0 radical (unpaired) electrons. The van der Waals surface area contributed by atoms with E-state index in [1.54, 1.807) is 26.0 Å². The van der Waals surface area contributed by atoms with Crippen molar-refractivity contribution in [3.63, 3.8) is 0 Å². The molecule has 0 bridgehead atoms. The number of nitrogens with two attached hydrogens (primary N) is 1. The van der Waals surface area contributed by atoms with Gasteiger partial charge in [0, 0.05) is 11.4 Å². The zero-order valence-corrected chi connectivity index (χ0v) is 11.2. The lowest BCUT2D eigenvalue weighted by Crippen LogP contribution is -2.14. The number of hydrogen-bond donors (Lipinski definition) is 3. The van der Waals surface area contributed by atoms with Crippen LogP contribution >= 0.6 is 0 Å². The van der Waals surface area contributed by atoms with Crippen molar-refractivity contribution in [1.82, 2.24) is 0 Å². The van der Waals surface area contributed by atoms with E-state index in [0.29, 0.717) is 16.8 Å². The molecule has 0 saturated heterocycles. The fourth-order valence-electron chi connectivity index (χ4n) is 1.84. The van der Waals surface area contributed by atoms with Crippen molar-refractivity contribution in [3.8, 4) is 5.75 Å². The minimum atomic E-state index is -0.671. The van der Waals surface area contributed by atoms with Crippen molar-refractivity contribution < 1.29 is 14.3 Å². The molecule has 0 spiro atoms. The number of amides is 1. The van der Waals surface area contributed by atoms with E-state index in [-0.39, 0.29) is 17.0 Å². The van der Waals surface area contributed by atoms with E-state index in [4.69, 9.17) is 5.73 Å². The van der Waals surface area contributed by atoms with Gasteiger partial charge in [-0.15, -0.1) is 0 Å². The van der Waals surface area contributed by atoms with Crippen molar-refractivity contribution in [3.05, 3.63) is 52.8 Å². The summed E-state index contributed by atoms with van der Waals surface area (Å²) in [4.78, 5) is 12.0. The summed E-state index contributed by atoms with van der Waals surface area (Å²) >= 11 is 0. The van der Waals surface area contributed by atoms with Gasteiger partial charge in [0.15, 0.2) is 0 Å². The van der Waals surface area contributed by atoms with E-state index in [9.17, 15) is 14.3 Å². The van der Waals surface area contributed by atoms with E-state index < -0.39 is 11.7 Å². The number of anilines is 2. The van der Waals surface area contributed by atoms with Gasteiger partial charge >= 0.3 is 0 Å². The zero-order valence-electron chi connectivity index (χ0n) is 11.2. The number of aryl methyl sites for hydroxylation is 2. The van der Waals surface area contributed by atoms with E-state index >= 15 is 0 Å². The van der Waals surface area contributed by atoms with Gasteiger partial charge in [-0.25, -0.2) is 4.39 Å². The Balaban J connectivity index is 2.30. The Morgan fingerprint density at radius 2 is 1.90 bits per heavy atom. The molecule has 0 aliphatic rings. The van der Waals surface area contributed by atoms with Crippen LogP contribution in [0.5, 0.6) is 5.75 Å². The number of nitrogen functional groups attached to an aromatic ring is 1. The van der Waals surface area contributed by atoms with E-state index in [1.165, 1.54) is 12.1 Å². The van der Waals surface area contributed by atoms with Gasteiger partial charge in [0.05, 0.1) is 5.56 Å². The highest BCUT2D eigenvalue weighted by molar-refractivity contribution is 6.05. The quantitative estimate of drug-likeness (QED) is 0.582. The first-order valence-corrected chi connectivity index (χ1v) is 6.05. The van der Waals surface area contributed by atoms with E-state index in [2.05, 4.69) is 5.32 Å². The number of nitrogens with one attached hydrogen (secondary N) is 1. The Bertz CT molecular complexity index is 684. The number of phenols is 1. The standard InChI is InChI=1S/C15H15FN2O2/c1-8-6-14(19)9(2)5-13(8)18-15(20)11-4-3-10(17)7-12(11)16/h3-7,19H,17H2,1-2H3,(H,18,20). The number of aromatic hydroxyl groups is 1. The summed E-state index contributed by atoms with van der Waals surface area (Å²) in [6.45, 7) is 3.46. The van der Waals surface area contributed by atoms with Crippen molar-refractivity contribution in [1.29, 1.82) is 0 Å². The number of benzene rings is 2. The van der Waals surface area contributed by atoms with Crippen LogP contribution in [-0.2, 0) is 0 Å². The smallest absolute Gasteiger partial charge is 0.258 e. The SMILES string of the molecule is Cc1cc(NC(=O)c2ccc(N)cc2F)c(C)cc1O. The number of rotatable bonds is 2. The molecule has 2 aromatic rings. The summed E-state index contributed by atoms with van der Waals surface area (Å²) in [7, 11) is 0. The van der Waals surface area contributed by atoms with Gasteiger partial charge in [0.25, 0.3) is 5.91 Å². The molecule has 5 heteroatoms. The first kappa shape index (κ1) is 13.9. The Labute approximate surface area is 116 Å². The highest BCUT2D eigenvalue weighted by Crippen LogP contribution is 2.25. The highest BCUT2D eigenvalue weighted by atomic mass is 19.1. The lowest BCUT2D eigenvalue weighted by molar-refractivity contribution is 0.102. The molecule has 0 aliphatic heterocycles. The van der Waals surface area contributed by atoms with Crippen LogP contribution < -0.4 is 11.1 Å². The lowest BCUT2D eigenvalue weighted by atomic mass is 10.1. The molecule has 2 rings (SSSR count). The largest absolute Gasteiger partial charge is 0.508 e. The summed E-state index contributed by atoms with van der Waals surface area (Å²) < 4.78 is 13.7. The van der Waals surface area contributed by atoms with Crippen LogP contribution in [0, 0.1) is 19.7 Å². The molecule has 4 N–H and O–H groups in total. The van der Waals surface area contributed by atoms with Gasteiger partial charge in [-0.2, -0.15) is 0 Å². The summed E-state index contributed by atoms with van der Waals surface area (Å²) in [6.07, 6.45) is 0. The Hall–Kier alpha value is -2.56. The Morgan fingerprint density at radius 1 is 1.20 bits per heavy atom. The molecule has 104 valence electrons. The Morgan fingerprint density at radius 3 is 2.55 bits per heavy atom. The average molecular weight is 274 g/mol. The maximum absolute atomic E-state index is 13.7. The van der Waals surface area contributed by atoms with Gasteiger partial charge in [0.1, 0.15) is 11.6 Å². The predicted molar refractivity (Wildman–Crippen MR) is 76.3 cm³/mol. The highest BCUT2D eigenvalue weighted by Gasteiger charge is 2.13. The molecule has 0 heterocycles. The zero-order chi connectivity index (χ0) is 14.9. The molecule has 4 nitrogen and oxygen atoms in total. The molecule has 20 heavy (non-hydrogen) atoms. The minimum Gasteiger partial charge on any atom is -0.508 e. The molecule has 1 amide bonds. The van der Waals surface area contributed by atoms with Crippen LogP contribution in [0.15, 0.2) is 30.3 Å². The monoisotopic (exact) mass is 274 g/mol.